The van der Waals surface area contributed by atoms with Crippen LogP contribution in [0.25, 0.3) is 0 Å². The molecule has 1 amide bonds. The Morgan fingerprint density at radius 2 is 1.70 bits per heavy atom. The number of carbonyl (C=O) groups is 1. The third-order valence-corrected chi connectivity index (χ3v) is 5.89. The summed E-state index contributed by atoms with van der Waals surface area (Å²) in [6.07, 6.45) is 1.49. The Morgan fingerprint density at radius 1 is 1.07 bits per heavy atom. The van der Waals surface area contributed by atoms with E-state index in [-0.39, 0.29) is 17.9 Å². The summed E-state index contributed by atoms with van der Waals surface area (Å²) in [6.45, 7) is 2.41. The van der Waals surface area contributed by atoms with E-state index in [1.54, 1.807) is 29.7 Å². The van der Waals surface area contributed by atoms with Crippen molar-refractivity contribution in [2.24, 2.45) is 0 Å². The summed E-state index contributed by atoms with van der Waals surface area (Å²) in [5.74, 6) is 0.632. The molecular weight excluding hydrogens is 368 g/mol. The minimum absolute atomic E-state index is 0.0595. The molecule has 0 saturated carbocycles. The number of amides is 1. The van der Waals surface area contributed by atoms with Gasteiger partial charge in [0.25, 0.3) is 0 Å². The number of unbranched alkanes of at least 4 members (excludes halogenated alkanes) is 1. The summed E-state index contributed by atoms with van der Waals surface area (Å²) in [6, 6.07) is 15.6. The van der Waals surface area contributed by atoms with Crippen molar-refractivity contribution in [2.45, 2.75) is 31.1 Å². The first-order valence-corrected chi connectivity index (χ1v) is 10.2. The fourth-order valence-corrected chi connectivity index (χ4v) is 3.94. The number of rotatable bonds is 10. The summed E-state index contributed by atoms with van der Waals surface area (Å²) >= 11 is 0. The van der Waals surface area contributed by atoms with E-state index in [1.807, 2.05) is 37.3 Å². The molecule has 2 aromatic rings. The van der Waals surface area contributed by atoms with Gasteiger partial charge < -0.3 is 4.74 Å². The van der Waals surface area contributed by atoms with Crippen LogP contribution in [0.1, 0.15) is 26.2 Å². The van der Waals surface area contributed by atoms with Gasteiger partial charge in [-0.1, -0.05) is 35.8 Å². The van der Waals surface area contributed by atoms with Gasteiger partial charge >= 0.3 is 10.4 Å². The Kier molecular flexibility index (Phi) is 7.93. The minimum atomic E-state index is -3.50. The van der Waals surface area contributed by atoms with E-state index in [0.29, 0.717) is 24.5 Å². The molecule has 27 heavy (non-hydrogen) atoms. The largest absolute Gasteiger partial charge is 0.457 e. The molecule has 2 rings (SSSR count). The van der Waals surface area contributed by atoms with Crippen LogP contribution in [0.4, 0.5) is 0 Å². The fraction of sp³-hybridized carbons (Fsp3) is 0.316. The van der Waals surface area contributed by atoms with Crippen LogP contribution in [0.2, 0.25) is 0 Å². The van der Waals surface area contributed by atoms with E-state index in [9.17, 15) is 13.6 Å². The van der Waals surface area contributed by atoms with Gasteiger partial charge in [-0.2, -0.15) is 4.55 Å². The van der Waals surface area contributed by atoms with Gasteiger partial charge in [0.15, 0.2) is 0 Å². The smallest absolute Gasteiger partial charge is 0.325 e. The van der Waals surface area contributed by atoms with E-state index in [0.717, 1.165) is 6.42 Å². The summed E-state index contributed by atoms with van der Waals surface area (Å²) < 4.78 is 30.7. The zero-order chi connectivity index (χ0) is 19.7. The molecule has 0 aliphatic rings. The van der Waals surface area contributed by atoms with Gasteiger partial charge in [0.2, 0.25) is 10.8 Å². The van der Waals surface area contributed by atoms with E-state index in [2.05, 4.69) is 0 Å². The Morgan fingerprint density at radius 3 is 2.30 bits per heavy atom. The predicted octanol–water partition coefficient (Wildman–Crippen LogP) is 3.72. The van der Waals surface area contributed by atoms with Gasteiger partial charge in [-0.05, 0) is 34.9 Å². The number of benzene rings is 2. The quantitative estimate of drug-likeness (QED) is 0.325. The minimum Gasteiger partial charge on any atom is -0.457 e. The first kappa shape index (κ1) is 21.0. The van der Waals surface area contributed by atoms with E-state index in [1.165, 1.54) is 4.31 Å². The Labute approximate surface area is 160 Å². The molecule has 0 spiro atoms. The lowest BCUT2D eigenvalue weighted by molar-refractivity contribution is -0.129. The number of hydrogen-bond acceptors (Lipinski definition) is 4. The molecule has 0 heterocycles. The highest BCUT2D eigenvalue weighted by Gasteiger charge is 2.38. The number of para-hydroxylation sites is 1. The lowest BCUT2D eigenvalue weighted by atomic mass is 10.3. The van der Waals surface area contributed by atoms with Crippen molar-refractivity contribution < 1.29 is 23.5 Å². The van der Waals surface area contributed by atoms with Crippen molar-refractivity contribution in [3.05, 3.63) is 54.6 Å². The number of nitrogens with zero attached hydrogens (tertiary/aromatic N) is 1. The highest BCUT2D eigenvalue weighted by Crippen LogP contribution is 2.27. The molecule has 7 nitrogen and oxygen atoms in total. The highest BCUT2D eigenvalue weighted by molar-refractivity contribution is 7.95. The molecule has 1 unspecified atom stereocenters. The van der Waals surface area contributed by atoms with Crippen molar-refractivity contribution in [2.75, 3.05) is 13.1 Å². The first-order chi connectivity index (χ1) is 13.0. The van der Waals surface area contributed by atoms with Gasteiger partial charge in [0.05, 0.1) is 6.54 Å². The van der Waals surface area contributed by atoms with Gasteiger partial charge in [-0.3, -0.25) is 10.0 Å². The van der Waals surface area contributed by atoms with Crippen molar-refractivity contribution >= 4 is 16.3 Å². The maximum absolute atomic E-state index is 13.0. The topological polar surface area (TPSA) is 99.1 Å². The highest BCUT2D eigenvalue weighted by atomic mass is 32.3. The molecule has 3 N–H and O–H groups in total. The standard InChI is InChI=1S/C19H24N2O5S/c1-2-3-14-21(15-13-19(22)20-23)27(24,25)18-11-9-17(10-12-18)26-16-7-5-4-6-8-16/h4-12H,2-3,13-15H2,1H3,(H2-,20,22,23,24,25)/p+1. The van der Waals surface area contributed by atoms with Crippen molar-refractivity contribution in [1.82, 2.24) is 9.79 Å². The lowest BCUT2D eigenvalue weighted by Gasteiger charge is -2.19. The Hall–Kier alpha value is -2.26. The summed E-state index contributed by atoms with van der Waals surface area (Å²) in [4.78, 5) is 11.5. The lowest BCUT2D eigenvalue weighted by Crippen LogP contribution is -2.39. The van der Waals surface area contributed by atoms with Crippen molar-refractivity contribution in [3.8, 4) is 11.5 Å². The normalized spacial score (nSPS) is 13.2. The van der Waals surface area contributed by atoms with Crippen molar-refractivity contribution in [1.29, 1.82) is 0 Å². The molecule has 0 radical (unpaired) electrons. The molecule has 146 valence electrons. The van der Waals surface area contributed by atoms with Crippen molar-refractivity contribution in [3.63, 3.8) is 0 Å². The SMILES string of the molecule is CCCCN(CCC(=O)NO)[S+](=O)(O)c1ccc(Oc2ccccc2)cc1. The summed E-state index contributed by atoms with van der Waals surface area (Å²) in [5.41, 5.74) is 1.54. The van der Waals surface area contributed by atoms with E-state index in [4.69, 9.17) is 9.94 Å². The van der Waals surface area contributed by atoms with Gasteiger partial charge in [-0.15, -0.1) is 0 Å². The molecule has 0 aliphatic heterocycles. The third-order valence-electron chi connectivity index (χ3n) is 3.93. The zero-order valence-corrected chi connectivity index (χ0v) is 16.0. The second-order valence-corrected chi connectivity index (χ2v) is 7.93. The Bertz CT molecular complexity index is 767. The van der Waals surface area contributed by atoms with Crippen LogP contribution in [0.15, 0.2) is 59.5 Å². The molecule has 0 saturated heterocycles. The van der Waals surface area contributed by atoms with Crippen LogP contribution in [-0.4, -0.2) is 33.1 Å². The van der Waals surface area contributed by atoms with Crippen LogP contribution in [0.3, 0.4) is 0 Å². The molecule has 0 aromatic heterocycles. The maximum atomic E-state index is 13.0. The van der Waals surface area contributed by atoms with Gasteiger partial charge in [0.1, 0.15) is 11.5 Å². The molecular formula is C19H25N2O5S+. The summed E-state index contributed by atoms with van der Waals surface area (Å²) in [5, 5.41) is 8.63. The second kappa shape index (κ2) is 10.2. The number of carbonyl (C=O) groups excluding carboxylic acids is 1. The summed E-state index contributed by atoms with van der Waals surface area (Å²) in [7, 11) is -3.50. The molecule has 8 heteroatoms. The van der Waals surface area contributed by atoms with Crippen LogP contribution in [-0.2, 0) is 19.4 Å². The van der Waals surface area contributed by atoms with E-state index < -0.39 is 16.3 Å². The van der Waals surface area contributed by atoms with Crippen LogP contribution < -0.4 is 10.2 Å². The predicted molar refractivity (Wildman–Crippen MR) is 103 cm³/mol. The Balaban J connectivity index is 2.13. The number of hydrogen-bond donors (Lipinski definition) is 3. The molecule has 2 aromatic carbocycles. The zero-order valence-electron chi connectivity index (χ0n) is 15.2. The third kappa shape index (κ3) is 6.14. The monoisotopic (exact) mass is 393 g/mol. The average molecular weight is 393 g/mol. The molecule has 1 atom stereocenters. The maximum Gasteiger partial charge on any atom is 0.325 e. The molecule has 0 fully saturated rings. The second-order valence-electron chi connectivity index (χ2n) is 5.95. The fourth-order valence-electron chi connectivity index (χ4n) is 2.43. The van der Waals surface area contributed by atoms with Crippen LogP contribution >= 0.6 is 0 Å². The molecule has 0 bridgehead atoms. The number of ether oxygens (including phenoxy) is 1. The van der Waals surface area contributed by atoms with Gasteiger partial charge in [0, 0.05) is 25.1 Å². The number of nitrogens with one attached hydrogen (secondary N) is 1. The van der Waals surface area contributed by atoms with E-state index >= 15 is 0 Å². The van der Waals surface area contributed by atoms with Gasteiger partial charge in [-0.25, -0.2) is 5.48 Å². The van der Waals surface area contributed by atoms with Crippen LogP contribution in [0.5, 0.6) is 11.5 Å². The first-order valence-electron chi connectivity index (χ1n) is 8.75. The average Bonchev–Trinajstić information content (AvgIpc) is 2.68. The molecule has 0 aliphatic carbocycles. The van der Waals surface area contributed by atoms with Crippen LogP contribution in [0, 0.1) is 0 Å². The number of hydroxylamine groups is 1.